The highest BCUT2D eigenvalue weighted by atomic mass is 35.5. The van der Waals surface area contributed by atoms with Gasteiger partial charge in [-0.3, -0.25) is 10.1 Å². The Hall–Kier alpha value is -1.82. The second-order valence-corrected chi connectivity index (χ2v) is 5.20. The lowest BCUT2D eigenvalue weighted by Crippen LogP contribution is -2.47. The molecule has 1 aliphatic carbocycles. The fourth-order valence-corrected chi connectivity index (χ4v) is 2.65. The van der Waals surface area contributed by atoms with Gasteiger partial charge in [0.15, 0.2) is 0 Å². The summed E-state index contributed by atoms with van der Waals surface area (Å²) in [5.41, 5.74) is 1.33. The minimum atomic E-state index is -0.417. The lowest BCUT2D eigenvalue weighted by atomic mass is 9.78. The van der Waals surface area contributed by atoms with Gasteiger partial charge in [0.2, 0.25) is 5.95 Å². The third-order valence-corrected chi connectivity index (χ3v) is 4.14. The Labute approximate surface area is 114 Å². The minimum Gasteiger partial charge on any atom is -0.349 e. The summed E-state index contributed by atoms with van der Waals surface area (Å²) in [7, 11) is 0. The van der Waals surface area contributed by atoms with Crippen LogP contribution < -0.4 is 5.32 Å². The minimum absolute atomic E-state index is 0.0541. The highest BCUT2D eigenvalue weighted by molar-refractivity contribution is 6.19. The molecule has 1 aromatic heterocycles. The van der Waals surface area contributed by atoms with E-state index in [1.807, 2.05) is 0 Å². The molecule has 1 aromatic carbocycles. The molecule has 3 rings (SSSR count). The molecule has 7 heteroatoms. The van der Waals surface area contributed by atoms with Crippen LogP contribution in [0.15, 0.2) is 18.2 Å². The molecule has 0 aliphatic heterocycles. The smallest absolute Gasteiger partial charge is 0.271 e. The van der Waals surface area contributed by atoms with Gasteiger partial charge in [0.1, 0.15) is 0 Å². The van der Waals surface area contributed by atoms with Crippen LogP contribution in [0, 0.1) is 10.1 Å². The third kappa shape index (κ3) is 2.12. The first-order valence-corrected chi connectivity index (χ1v) is 6.64. The van der Waals surface area contributed by atoms with Gasteiger partial charge in [-0.1, -0.05) is 0 Å². The Morgan fingerprint density at radius 3 is 2.89 bits per heavy atom. The van der Waals surface area contributed by atoms with Crippen LogP contribution in [-0.2, 0) is 0 Å². The zero-order valence-electron chi connectivity index (χ0n) is 10.1. The summed E-state index contributed by atoms with van der Waals surface area (Å²) in [6.45, 7) is 0. The number of hydrogen-bond acceptors (Lipinski definition) is 4. The van der Waals surface area contributed by atoms with E-state index in [2.05, 4.69) is 15.3 Å². The second-order valence-electron chi connectivity index (χ2n) is 4.94. The van der Waals surface area contributed by atoms with Gasteiger partial charge in [0, 0.05) is 18.0 Å². The number of H-pyrrole nitrogens is 1. The number of nitrogens with one attached hydrogen (secondary N) is 2. The molecule has 1 saturated carbocycles. The van der Waals surface area contributed by atoms with Gasteiger partial charge in [-0.05, 0) is 25.3 Å². The fraction of sp³-hybridized carbons (Fsp3) is 0.417. The Bertz CT molecular complexity index is 630. The fourth-order valence-electron chi connectivity index (χ4n) is 2.32. The van der Waals surface area contributed by atoms with Crippen molar-refractivity contribution >= 4 is 34.3 Å². The number of fused-ring (bicyclic) bond motifs is 1. The topological polar surface area (TPSA) is 83.8 Å². The van der Waals surface area contributed by atoms with Crippen LogP contribution in [-0.4, -0.2) is 26.3 Å². The van der Waals surface area contributed by atoms with Crippen molar-refractivity contribution in [2.75, 3.05) is 11.2 Å². The van der Waals surface area contributed by atoms with Gasteiger partial charge in [0.05, 0.1) is 21.5 Å². The van der Waals surface area contributed by atoms with E-state index >= 15 is 0 Å². The quantitative estimate of drug-likeness (QED) is 0.512. The zero-order chi connectivity index (χ0) is 13.5. The van der Waals surface area contributed by atoms with Crippen molar-refractivity contribution in [3.63, 3.8) is 0 Å². The first-order chi connectivity index (χ1) is 9.12. The maximum absolute atomic E-state index is 10.7. The Balaban J connectivity index is 1.91. The van der Waals surface area contributed by atoms with E-state index in [1.165, 1.54) is 12.1 Å². The molecule has 0 unspecified atom stereocenters. The Kier molecular flexibility index (Phi) is 2.82. The number of nitro benzene ring substituents is 1. The Morgan fingerprint density at radius 1 is 1.53 bits per heavy atom. The molecule has 6 nitrogen and oxygen atoms in total. The van der Waals surface area contributed by atoms with Gasteiger partial charge < -0.3 is 10.3 Å². The summed E-state index contributed by atoms with van der Waals surface area (Å²) in [4.78, 5) is 17.7. The van der Waals surface area contributed by atoms with Crippen molar-refractivity contribution in [2.24, 2.45) is 0 Å². The number of rotatable bonds is 4. The Morgan fingerprint density at radius 2 is 2.32 bits per heavy atom. The van der Waals surface area contributed by atoms with E-state index < -0.39 is 4.92 Å². The summed E-state index contributed by atoms with van der Waals surface area (Å²) in [5, 5.41) is 14.0. The zero-order valence-corrected chi connectivity index (χ0v) is 10.9. The predicted octanol–water partition coefficient (Wildman–Crippen LogP) is 3.04. The number of alkyl halides is 1. The van der Waals surface area contributed by atoms with Crippen molar-refractivity contribution in [2.45, 2.75) is 24.8 Å². The average molecular weight is 281 g/mol. The van der Waals surface area contributed by atoms with Gasteiger partial charge in [-0.15, -0.1) is 11.6 Å². The predicted molar refractivity (Wildman–Crippen MR) is 73.7 cm³/mol. The van der Waals surface area contributed by atoms with E-state index in [1.54, 1.807) is 6.07 Å². The number of non-ortho nitro benzene ring substituents is 1. The molecule has 19 heavy (non-hydrogen) atoms. The summed E-state index contributed by atoms with van der Waals surface area (Å²) in [5.74, 6) is 1.15. The van der Waals surface area contributed by atoms with E-state index in [0.29, 0.717) is 22.9 Å². The molecule has 0 spiro atoms. The first-order valence-electron chi connectivity index (χ1n) is 6.10. The van der Waals surface area contributed by atoms with Crippen LogP contribution in [0.3, 0.4) is 0 Å². The molecule has 2 N–H and O–H groups in total. The van der Waals surface area contributed by atoms with Crippen LogP contribution in [0.25, 0.3) is 11.0 Å². The van der Waals surface area contributed by atoms with E-state index in [9.17, 15) is 10.1 Å². The number of nitrogens with zero attached hydrogens (tertiary/aromatic N) is 2. The monoisotopic (exact) mass is 280 g/mol. The van der Waals surface area contributed by atoms with E-state index in [4.69, 9.17) is 11.6 Å². The SMILES string of the molecule is O=[N+]([O-])c1ccc2nc(NC3(CCl)CCC3)[nH]c2c1. The second kappa shape index (κ2) is 4.38. The number of nitro groups is 1. The summed E-state index contributed by atoms with van der Waals surface area (Å²) in [6, 6.07) is 4.58. The van der Waals surface area contributed by atoms with Gasteiger partial charge >= 0.3 is 0 Å². The number of halogens is 1. The number of hydrogen-bond donors (Lipinski definition) is 2. The maximum atomic E-state index is 10.7. The number of anilines is 1. The molecule has 0 atom stereocenters. The lowest BCUT2D eigenvalue weighted by molar-refractivity contribution is -0.384. The van der Waals surface area contributed by atoms with Crippen molar-refractivity contribution in [3.05, 3.63) is 28.3 Å². The molecule has 1 heterocycles. The van der Waals surface area contributed by atoms with Crippen molar-refractivity contribution in [3.8, 4) is 0 Å². The number of aromatic nitrogens is 2. The van der Waals surface area contributed by atoms with Gasteiger partial charge in [-0.25, -0.2) is 4.98 Å². The lowest BCUT2D eigenvalue weighted by Gasteiger charge is -2.40. The highest BCUT2D eigenvalue weighted by Gasteiger charge is 2.36. The third-order valence-electron chi connectivity index (χ3n) is 3.63. The van der Waals surface area contributed by atoms with Crippen molar-refractivity contribution < 1.29 is 4.92 Å². The van der Waals surface area contributed by atoms with Crippen molar-refractivity contribution in [1.82, 2.24) is 9.97 Å². The van der Waals surface area contributed by atoms with Crippen LogP contribution in [0.2, 0.25) is 0 Å². The molecule has 1 fully saturated rings. The van der Waals surface area contributed by atoms with Gasteiger partial charge in [0.25, 0.3) is 5.69 Å². The number of imidazole rings is 1. The largest absolute Gasteiger partial charge is 0.349 e. The van der Waals surface area contributed by atoms with Crippen LogP contribution in [0.1, 0.15) is 19.3 Å². The standard InChI is InChI=1S/C12H13ClN4O2/c13-7-12(4-1-5-12)16-11-14-9-3-2-8(17(18)19)6-10(9)15-11/h2-3,6H,1,4-5,7H2,(H2,14,15,16). The summed E-state index contributed by atoms with van der Waals surface area (Å²) < 4.78 is 0. The normalized spacial score (nSPS) is 17.1. The van der Waals surface area contributed by atoms with Crippen molar-refractivity contribution in [1.29, 1.82) is 0 Å². The van der Waals surface area contributed by atoms with Crippen LogP contribution in [0.5, 0.6) is 0 Å². The highest BCUT2D eigenvalue weighted by Crippen LogP contribution is 2.36. The van der Waals surface area contributed by atoms with Crippen LogP contribution >= 0.6 is 11.6 Å². The molecular weight excluding hydrogens is 268 g/mol. The maximum Gasteiger partial charge on any atom is 0.271 e. The van der Waals surface area contributed by atoms with Gasteiger partial charge in [-0.2, -0.15) is 0 Å². The molecule has 100 valence electrons. The number of benzene rings is 1. The summed E-state index contributed by atoms with van der Waals surface area (Å²) >= 11 is 5.98. The summed E-state index contributed by atoms with van der Waals surface area (Å²) in [6.07, 6.45) is 3.20. The number of aromatic amines is 1. The average Bonchev–Trinajstić information content (AvgIpc) is 2.74. The molecule has 0 bridgehead atoms. The van der Waals surface area contributed by atoms with E-state index in [-0.39, 0.29) is 11.2 Å². The van der Waals surface area contributed by atoms with Crippen LogP contribution in [0.4, 0.5) is 11.6 Å². The molecular formula is C12H13ClN4O2. The molecule has 0 amide bonds. The van der Waals surface area contributed by atoms with E-state index in [0.717, 1.165) is 19.3 Å². The first kappa shape index (κ1) is 12.2. The molecule has 1 aliphatic rings. The molecule has 2 aromatic rings. The molecule has 0 saturated heterocycles. The molecule has 0 radical (unpaired) electrons.